The van der Waals surface area contributed by atoms with E-state index in [9.17, 15) is 4.39 Å². The van der Waals surface area contributed by atoms with E-state index in [1.807, 2.05) is 16.7 Å². The van der Waals surface area contributed by atoms with E-state index >= 15 is 0 Å². The average molecular weight is 485 g/mol. The van der Waals surface area contributed by atoms with Gasteiger partial charge in [-0.2, -0.15) is 0 Å². The van der Waals surface area contributed by atoms with E-state index in [0.717, 1.165) is 50.2 Å². The van der Waals surface area contributed by atoms with Crippen LogP contribution in [0.15, 0.2) is 55.1 Å². The summed E-state index contributed by atoms with van der Waals surface area (Å²) < 4.78 is 39.1. The third kappa shape index (κ3) is 6.70. The van der Waals surface area contributed by atoms with Crippen LogP contribution in [0.2, 0.25) is 0 Å². The smallest absolute Gasteiger partial charge is 0.165 e. The SMILES string of the molecule is COc1ccc(CN2CCC[C@@](COc3ccccc3F)(OC)CC2)cc1OCCn1cnnc1. The van der Waals surface area contributed by atoms with Gasteiger partial charge in [0.1, 0.15) is 31.5 Å². The molecule has 0 radical (unpaired) electrons. The molecule has 0 saturated carbocycles. The van der Waals surface area contributed by atoms with Crippen molar-refractivity contribution in [1.29, 1.82) is 0 Å². The van der Waals surface area contributed by atoms with Crippen molar-refractivity contribution in [3.8, 4) is 17.2 Å². The summed E-state index contributed by atoms with van der Waals surface area (Å²) in [6.07, 6.45) is 5.95. The lowest BCUT2D eigenvalue weighted by Crippen LogP contribution is -2.39. The van der Waals surface area contributed by atoms with Crippen LogP contribution in [0.3, 0.4) is 0 Å². The maximum atomic E-state index is 14.0. The van der Waals surface area contributed by atoms with E-state index in [2.05, 4.69) is 21.2 Å². The van der Waals surface area contributed by atoms with Gasteiger partial charge in [0.05, 0.1) is 13.7 Å². The first-order valence-electron chi connectivity index (χ1n) is 11.9. The molecule has 0 aliphatic carbocycles. The van der Waals surface area contributed by atoms with Crippen molar-refractivity contribution in [1.82, 2.24) is 19.7 Å². The fourth-order valence-electron chi connectivity index (χ4n) is 4.35. The first kappa shape index (κ1) is 24.9. The Morgan fingerprint density at radius 2 is 1.77 bits per heavy atom. The van der Waals surface area contributed by atoms with E-state index in [1.54, 1.807) is 45.1 Å². The Morgan fingerprint density at radius 3 is 2.54 bits per heavy atom. The molecule has 188 valence electrons. The van der Waals surface area contributed by atoms with Gasteiger partial charge in [0.25, 0.3) is 0 Å². The number of halogens is 1. The second kappa shape index (κ2) is 12.0. The van der Waals surface area contributed by atoms with Gasteiger partial charge in [-0.05, 0) is 55.6 Å². The average Bonchev–Trinajstić information content (AvgIpc) is 3.31. The third-order valence-electron chi connectivity index (χ3n) is 6.46. The molecule has 9 heteroatoms. The van der Waals surface area contributed by atoms with Gasteiger partial charge in [-0.1, -0.05) is 18.2 Å². The Labute approximate surface area is 205 Å². The maximum absolute atomic E-state index is 14.0. The molecule has 0 bridgehead atoms. The van der Waals surface area contributed by atoms with Gasteiger partial charge in [-0.3, -0.25) is 4.90 Å². The second-order valence-corrected chi connectivity index (χ2v) is 8.77. The van der Waals surface area contributed by atoms with Crippen LogP contribution in [-0.4, -0.2) is 65.8 Å². The minimum absolute atomic E-state index is 0.264. The quantitative estimate of drug-likeness (QED) is 0.408. The molecule has 1 fully saturated rings. The Balaban J connectivity index is 1.34. The number of ether oxygens (including phenoxy) is 4. The van der Waals surface area contributed by atoms with Crippen molar-refractivity contribution in [2.24, 2.45) is 0 Å². The zero-order chi connectivity index (χ0) is 24.5. The van der Waals surface area contributed by atoms with Crippen LogP contribution < -0.4 is 14.2 Å². The minimum atomic E-state index is -0.437. The van der Waals surface area contributed by atoms with Gasteiger partial charge in [0, 0.05) is 20.2 Å². The van der Waals surface area contributed by atoms with Crippen molar-refractivity contribution >= 4 is 0 Å². The highest BCUT2D eigenvalue weighted by Crippen LogP contribution is 2.31. The molecular formula is C26H33FN4O4. The molecule has 0 amide bonds. The first-order chi connectivity index (χ1) is 17.1. The van der Waals surface area contributed by atoms with Crippen LogP contribution in [0.25, 0.3) is 0 Å². The Kier molecular flexibility index (Phi) is 8.54. The van der Waals surface area contributed by atoms with Crippen molar-refractivity contribution in [2.45, 2.75) is 38.0 Å². The summed E-state index contributed by atoms with van der Waals surface area (Å²) >= 11 is 0. The number of nitrogens with zero attached hydrogens (tertiary/aromatic N) is 4. The molecule has 0 N–H and O–H groups in total. The molecule has 0 spiro atoms. The van der Waals surface area contributed by atoms with Crippen LogP contribution >= 0.6 is 0 Å². The molecular weight excluding hydrogens is 451 g/mol. The van der Waals surface area contributed by atoms with Crippen molar-refractivity contribution in [3.05, 3.63) is 66.5 Å². The number of benzene rings is 2. The summed E-state index contributed by atoms with van der Waals surface area (Å²) in [7, 11) is 3.36. The standard InChI is InChI=1S/C26H33FN4O4/c1-32-24-9-8-21(16-25(24)34-15-14-31-19-28-29-20-31)17-30-12-5-10-26(33-2,11-13-30)18-35-23-7-4-3-6-22(23)27/h3-4,6-9,16,19-20H,5,10-15,17-18H2,1-2H3/t26-/m1/s1. The Morgan fingerprint density at radius 1 is 0.943 bits per heavy atom. The number of rotatable bonds is 11. The number of para-hydroxylation sites is 1. The predicted octanol–water partition coefficient (Wildman–Crippen LogP) is 3.95. The zero-order valence-corrected chi connectivity index (χ0v) is 20.4. The Hall–Kier alpha value is -3.17. The van der Waals surface area contributed by atoms with Gasteiger partial charge in [0.15, 0.2) is 23.1 Å². The van der Waals surface area contributed by atoms with Crippen LogP contribution in [0.1, 0.15) is 24.8 Å². The third-order valence-corrected chi connectivity index (χ3v) is 6.46. The molecule has 1 aliphatic heterocycles. The van der Waals surface area contributed by atoms with Gasteiger partial charge >= 0.3 is 0 Å². The van der Waals surface area contributed by atoms with Crippen molar-refractivity contribution in [3.63, 3.8) is 0 Å². The lowest BCUT2D eigenvalue weighted by Gasteiger charge is -2.31. The Bertz CT molecular complexity index is 1070. The van der Waals surface area contributed by atoms with E-state index in [4.69, 9.17) is 18.9 Å². The van der Waals surface area contributed by atoms with Gasteiger partial charge in [-0.15, -0.1) is 10.2 Å². The number of aromatic nitrogens is 3. The van der Waals surface area contributed by atoms with Crippen LogP contribution in [0.4, 0.5) is 4.39 Å². The molecule has 1 atom stereocenters. The van der Waals surface area contributed by atoms with E-state index in [1.165, 1.54) is 6.07 Å². The number of hydrogen-bond acceptors (Lipinski definition) is 7. The van der Waals surface area contributed by atoms with Crippen LogP contribution in [0.5, 0.6) is 17.2 Å². The molecule has 8 nitrogen and oxygen atoms in total. The molecule has 0 unspecified atom stereocenters. The maximum Gasteiger partial charge on any atom is 0.165 e. The van der Waals surface area contributed by atoms with Crippen molar-refractivity contribution < 1.29 is 23.3 Å². The van der Waals surface area contributed by atoms with Gasteiger partial charge in [-0.25, -0.2) is 4.39 Å². The lowest BCUT2D eigenvalue weighted by atomic mass is 9.95. The van der Waals surface area contributed by atoms with Crippen LogP contribution in [-0.2, 0) is 17.8 Å². The lowest BCUT2D eigenvalue weighted by molar-refractivity contribution is -0.0548. The van der Waals surface area contributed by atoms with E-state index in [-0.39, 0.29) is 11.6 Å². The highest BCUT2D eigenvalue weighted by atomic mass is 19.1. The normalized spacial score (nSPS) is 18.7. The topological polar surface area (TPSA) is 70.9 Å². The summed E-state index contributed by atoms with van der Waals surface area (Å²) in [6.45, 7) is 4.05. The summed E-state index contributed by atoms with van der Waals surface area (Å²) in [5.74, 6) is 1.34. The fraction of sp³-hybridized carbons (Fsp3) is 0.462. The minimum Gasteiger partial charge on any atom is -0.493 e. The highest BCUT2D eigenvalue weighted by Gasteiger charge is 2.34. The summed E-state index contributed by atoms with van der Waals surface area (Å²) in [6, 6.07) is 12.5. The molecule has 1 aromatic heterocycles. The number of hydrogen-bond donors (Lipinski definition) is 0. The summed E-state index contributed by atoms with van der Waals surface area (Å²) in [5, 5.41) is 7.62. The molecule has 1 aliphatic rings. The highest BCUT2D eigenvalue weighted by molar-refractivity contribution is 5.43. The molecule has 35 heavy (non-hydrogen) atoms. The van der Waals surface area contributed by atoms with Gasteiger partial charge < -0.3 is 23.5 Å². The fourth-order valence-corrected chi connectivity index (χ4v) is 4.35. The van der Waals surface area contributed by atoms with Crippen LogP contribution in [0, 0.1) is 5.82 Å². The predicted molar refractivity (Wildman–Crippen MR) is 129 cm³/mol. The van der Waals surface area contributed by atoms with E-state index in [0.29, 0.717) is 25.5 Å². The van der Waals surface area contributed by atoms with E-state index < -0.39 is 5.60 Å². The summed E-state index contributed by atoms with van der Waals surface area (Å²) in [5.41, 5.74) is 0.713. The summed E-state index contributed by atoms with van der Waals surface area (Å²) in [4.78, 5) is 2.41. The molecule has 2 aromatic carbocycles. The zero-order valence-electron chi connectivity index (χ0n) is 20.4. The number of likely N-dealkylation sites (tertiary alicyclic amines) is 1. The molecule has 4 rings (SSSR count). The second-order valence-electron chi connectivity index (χ2n) is 8.77. The largest absolute Gasteiger partial charge is 0.493 e. The first-order valence-corrected chi connectivity index (χ1v) is 11.9. The monoisotopic (exact) mass is 484 g/mol. The number of methoxy groups -OCH3 is 2. The van der Waals surface area contributed by atoms with Gasteiger partial charge in [0.2, 0.25) is 0 Å². The van der Waals surface area contributed by atoms with Crippen molar-refractivity contribution in [2.75, 3.05) is 40.5 Å². The molecule has 3 aromatic rings. The molecule has 1 saturated heterocycles. The molecule has 2 heterocycles.